The molecule has 0 aromatic carbocycles. The third kappa shape index (κ3) is 23.9. The van der Waals surface area contributed by atoms with Crippen LogP contribution in [0, 0.1) is 0 Å². The Bertz CT molecular complexity index is 226. The number of ether oxygens (including phenoxy) is 6. The Balaban J connectivity index is 0. The summed E-state index contributed by atoms with van der Waals surface area (Å²) in [5.41, 5.74) is 0.285. The molecule has 0 fully saturated rings. The summed E-state index contributed by atoms with van der Waals surface area (Å²) in [6, 6.07) is 0. The minimum absolute atomic E-state index is 0.0675. The van der Waals surface area contributed by atoms with Crippen LogP contribution in [0.15, 0.2) is 0 Å². The highest BCUT2D eigenvalue weighted by Gasteiger charge is 2.12. The molecule has 0 aromatic rings. The number of hydrogen-bond donors (Lipinski definition) is 2. The van der Waals surface area contributed by atoms with Gasteiger partial charge in [0.2, 0.25) is 0 Å². The van der Waals surface area contributed by atoms with E-state index in [2.05, 4.69) is 13.1 Å². The number of aliphatic hydroxyl groups excluding tert-OH is 2. The predicted octanol–water partition coefficient (Wildman–Crippen LogP) is -0.289. The zero-order valence-electron chi connectivity index (χ0n) is 16.3. The molecule has 0 aliphatic heterocycles. The van der Waals surface area contributed by atoms with Crippen molar-refractivity contribution in [2.75, 3.05) is 86.9 Å². The molecular formula is C16H38O8Si. The Morgan fingerprint density at radius 3 is 1.52 bits per heavy atom. The van der Waals surface area contributed by atoms with Crippen LogP contribution in [0.5, 0.6) is 0 Å². The molecule has 0 amide bonds. The van der Waals surface area contributed by atoms with E-state index in [1.54, 1.807) is 14.2 Å². The molecule has 8 nitrogen and oxygen atoms in total. The first-order chi connectivity index (χ1) is 12.1. The fraction of sp³-hybridized carbons (Fsp3) is 1.00. The monoisotopic (exact) mass is 386 g/mol. The highest BCUT2D eigenvalue weighted by Crippen LogP contribution is 1.97. The first-order valence-corrected chi connectivity index (χ1v) is 11.7. The third-order valence-electron chi connectivity index (χ3n) is 2.98. The van der Waals surface area contributed by atoms with Gasteiger partial charge in [0.1, 0.15) is 0 Å². The van der Waals surface area contributed by atoms with Crippen molar-refractivity contribution in [1.29, 1.82) is 0 Å². The summed E-state index contributed by atoms with van der Waals surface area (Å²) in [5.74, 6) is 0. The SMILES string of the molecule is COC(COCCOCCO)[SiH](C)C.COCCOCCOCCO. The Kier molecular flexibility index (Phi) is 25.9. The molecule has 0 bridgehead atoms. The predicted molar refractivity (Wildman–Crippen MR) is 99.0 cm³/mol. The summed E-state index contributed by atoms with van der Waals surface area (Å²) in [7, 11) is 2.58. The molecular weight excluding hydrogens is 348 g/mol. The number of methoxy groups -OCH3 is 2. The standard InChI is InChI=1S/C9H22O4Si.C7H16O4/c1-11-9(14(2)3)8-13-7-6-12-5-4-10;1-9-4-5-11-7-6-10-3-2-8/h9-10,14H,4-8H2,1-3H3;8H,2-7H2,1H3. The third-order valence-corrected chi connectivity index (χ3v) is 4.93. The van der Waals surface area contributed by atoms with Crippen molar-refractivity contribution in [3.8, 4) is 0 Å². The minimum atomic E-state index is -0.778. The second kappa shape index (κ2) is 23.9. The van der Waals surface area contributed by atoms with Crippen molar-refractivity contribution in [3.63, 3.8) is 0 Å². The van der Waals surface area contributed by atoms with Crippen LogP contribution in [0.2, 0.25) is 13.1 Å². The van der Waals surface area contributed by atoms with Crippen molar-refractivity contribution in [3.05, 3.63) is 0 Å². The summed E-state index contributed by atoms with van der Waals surface area (Å²) in [5, 5.41) is 16.8. The van der Waals surface area contributed by atoms with Gasteiger partial charge in [0.25, 0.3) is 0 Å². The van der Waals surface area contributed by atoms with Gasteiger partial charge in [-0.15, -0.1) is 0 Å². The minimum Gasteiger partial charge on any atom is -0.394 e. The molecule has 0 saturated carbocycles. The largest absolute Gasteiger partial charge is 0.394 e. The molecule has 1 atom stereocenters. The lowest BCUT2D eigenvalue weighted by molar-refractivity contribution is 0.00467. The van der Waals surface area contributed by atoms with Crippen LogP contribution in [-0.4, -0.2) is 112 Å². The smallest absolute Gasteiger partial charge is 0.0701 e. The maximum atomic E-state index is 8.44. The molecule has 2 N–H and O–H groups in total. The highest BCUT2D eigenvalue weighted by atomic mass is 28.3. The molecule has 0 aliphatic rings. The summed E-state index contributed by atoms with van der Waals surface area (Å²) < 4.78 is 30.5. The fourth-order valence-electron chi connectivity index (χ4n) is 1.55. The maximum absolute atomic E-state index is 8.44. The van der Waals surface area contributed by atoms with E-state index in [4.69, 9.17) is 38.6 Å². The van der Waals surface area contributed by atoms with Crippen LogP contribution >= 0.6 is 0 Å². The van der Waals surface area contributed by atoms with Crippen molar-refractivity contribution in [2.24, 2.45) is 0 Å². The average molecular weight is 387 g/mol. The molecule has 9 heteroatoms. The average Bonchev–Trinajstić information content (AvgIpc) is 2.61. The van der Waals surface area contributed by atoms with Gasteiger partial charge in [0.15, 0.2) is 0 Å². The van der Waals surface area contributed by atoms with Gasteiger partial charge in [-0.3, -0.25) is 0 Å². The van der Waals surface area contributed by atoms with E-state index >= 15 is 0 Å². The van der Waals surface area contributed by atoms with E-state index < -0.39 is 8.80 Å². The van der Waals surface area contributed by atoms with E-state index in [0.717, 1.165) is 0 Å². The van der Waals surface area contributed by atoms with Gasteiger partial charge in [0, 0.05) is 14.2 Å². The molecule has 0 spiro atoms. The highest BCUT2D eigenvalue weighted by molar-refractivity contribution is 6.57. The summed E-state index contributed by atoms with van der Waals surface area (Å²) in [4.78, 5) is 0. The number of rotatable bonds is 17. The fourth-order valence-corrected chi connectivity index (χ4v) is 2.61. The summed E-state index contributed by atoms with van der Waals surface area (Å²) in [6.07, 6.45) is 0. The molecule has 0 radical (unpaired) electrons. The Morgan fingerprint density at radius 1 is 0.680 bits per heavy atom. The van der Waals surface area contributed by atoms with Crippen molar-refractivity contribution in [1.82, 2.24) is 0 Å². The maximum Gasteiger partial charge on any atom is 0.0701 e. The van der Waals surface area contributed by atoms with Crippen LogP contribution < -0.4 is 0 Å². The van der Waals surface area contributed by atoms with E-state index in [0.29, 0.717) is 59.5 Å². The lowest BCUT2D eigenvalue weighted by Crippen LogP contribution is -2.32. The molecule has 1 unspecified atom stereocenters. The normalized spacial score (nSPS) is 12.1. The summed E-state index contributed by atoms with van der Waals surface area (Å²) in [6.45, 7) is 9.44. The first-order valence-electron chi connectivity index (χ1n) is 8.68. The van der Waals surface area contributed by atoms with E-state index in [-0.39, 0.29) is 18.9 Å². The van der Waals surface area contributed by atoms with Crippen LogP contribution in [0.25, 0.3) is 0 Å². The van der Waals surface area contributed by atoms with E-state index in [9.17, 15) is 0 Å². The number of hydrogen-bond acceptors (Lipinski definition) is 8. The van der Waals surface area contributed by atoms with Crippen molar-refractivity contribution >= 4 is 8.80 Å². The van der Waals surface area contributed by atoms with Crippen molar-refractivity contribution < 1.29 is 38.6 Å². The van der Waals surface area contributed by atoms with Gasteiger partial charge in [0.05, 0.1) is 87.2 Å². The van der Waals surface area contributed by atoms with Crippen LogP contribution in [0.1, 0.15) is 0 Å². The number of aliphatic hydroxyl groups is 2. The van der Waals surface area contributed by atoms with Crippen molar-refractivity contribution in [2.45, 2.75) is 18.8 Å². The molecule has 0 aromatic heterocycles. The van der Waals surface area contributed by atoms with Gasteiger partial charge in [-0.2, -0.15) is 0 Å². The second-order valence-electron chi connectivity index (χ2n) is 5.37. The molecule has 0 rings (SSSR count). The lowest BCUT2D eigenvalue weighted by Gasteiger charge is -2.18. The quantitative estimate of drug-likeness (QED) is 0.260. The molecule has 25 heavy (non-hydrogen) atoms. The molecule has 154 valence electrons. The lowest BCUT2D eigenvalue weighted by atomic mass is 10.7. The Hall–Kier alpha value is -0.103. The Labute approximate surface area is 153 Å². The van der Waals surface area contributed by atoms with Gasteiger partial charge in [-0.05, 0) is 0 Å². The van der Waals surface area contributed by atoms with E-state index in [1.807, 2.05) is 0 Å². The zero-order valence-corrected chi connectivity index (χ0v) is 17.4. The summed E-state index contributed by atoms with van der Waals surface area (Å²) >= 11 is 0. The molecule has 0 heterocycles. The zero-order chi connectivity index (χ0) is 19.2. The van der Waals surface area contributed by atoms with Crippen LogP contribution in [0.4, 0.5) is 0 Å². The van der Waals surface area contributed by atoms with Crippen LogP contribution in [-0.2, 0) is 28.4 Å². The van der Waals surface area contributed by atoms with E-state index in [1.165, 1.54) is 0 Å². The second-order valence-corrected chi connectivity index (χ2v) is 8.60. The van der Waals surface area contributed by atoms with Gasteiger partial charge in [-0.1, -0.05) is 13.1 Å². The van der Waals surface area contributed by atoms with Gasteiger partial charge in [-0.25, -0.2) is 0 Å². The van der Waals surface area contributed by atoms with Gasteiger partial charge >= 0.3 is 0 Å². The first kappa shape index (κ1) is 27.1. The topological polar surface area (TPSA) is 95.8 Å². The van der Waals surface area contributed by atoms with Crippen LogP contribution in [0.3, 0.4) is 0 Å². The van der Waals surface area contributed by atoms with Gasteiger partial charge < -0.3 is 38.6 Å². The molecule has 0 saturated heterocycles. The molecule has 0 aliphatic carbocycles. The Morgan fingerprint density at radius 2 is 1.12 bits per heavy atom.